The van der Waals surface area contributed by atoms with Crippen LogP contribution in [0.15, 0.2) is 35.3 Å². The molecule has 1 aliphatic carbocycles. The van der Waals surface area contributed by atoms with Crippen molar-refractivity contribution in [3.63, 3.8) is 0 Å². The Morgan fingerprint density at radius 3 is 2.74 bits per heavy atom. The predicted molar refractivity (Wildman–Crippen MR) is 75.4 cm³/mol. The van der Waals surface area contributed by atoms with Crippen LogP contribution in [0.1, 0.15) is 25.7 Å². The Bertz CT molecular complexity index is 627. The SMILES string of the molecule is N[C@H]1CC[C@@H](Oc2ccc3c(=O)[nH]ccc3c2)CC1. The summed E-state index contributed by atoms with van der Waals surface area (Å²) in [5.41, 5.74) is 5.83. The molecule has 0 bridgehead atoms. The number of rotatable bonds is 2. The molecule has 0 aliphatic heterocycles. The minimum absolute atomic E-state index is 0.0623. The van der Waals surface area contributed by atoms with E-state index in [9.17, 15) is 4.79 Å². The first-order valence-electron chi connectivity index (χ1n) is 6.76. The molecule has 0 amide bonds. The van der Waals surface area contributed by atoms with Crippen molar-refractivity contribution >= 4 is 10.8 Å². The number of fused-ring (bicyclic) bond motifs is 1. The second kappa shape index (κ2) is 5.05. The van der Waals surface area contributed by atoms with Gasteiger partial charge in [-0.1, -0.05) is 0 Å². The maximum Gasteiger partial charge on any atom is 0.255 e. The molecule has 3 N–H and O–H groups in total. The molecule has 1 aliphatic rings. The lowest BCUT2D eigenvalue weighted by Gasteiger charge is -2.26. The molecule has 0 atom stereocenters. The molecule has 0 radical (unpaired) electrons. The fourth-order valence-corrected chi connectivity index (χ4v) is 2.64. The van der Waals surface area contributed by atoms with Gasteiger partial charge in [-0.25, -0.2) is 0 Å². The van der Waals surface area contributed by atoms with Crippen molar-refractivity contribution in [3.05, 3.63) is 40.8 Å². The molecular formula is C15H18N2O2. The first-order chi connectivity index (χ1) is 9.22. The highest BCUT2D eigenvalue weighted by Crippen LogP contribution is 2.24. The second-order valence-corrected chi connectivity index (χ2v) is 5.21. The van der Waals surface area contributed by atoms with Crippen LogP contribution in [0.5, 0.6) is 5.75 Å². The molecule has 2 aromatic rings. The largest absolute Gasteiger partial charge is 0.490 e. The van der Waals surface area contributed by atoms with Crippen molar-refractivity contribution in [2.75, 3.05) is 0 Å². The first-order valence-corrected chi connectivity index (χ1v) is 6.76. The maximum absolute atomic E-state index is 11.6. The van der Waals surface area contributed by atoms with E-state index in [1.54, 1.807) is 6.20 Å². The summed E-state index contributed by atoms with van der Waals surface area (Å²) in [6, 6.07) is 7.83. The third kappa shape index (κ3) is 2.63. The molecule has 3 rings (SSSR count). The van der Waals surface area contributed by atoms with Gasteiger partial charge in [0, 0.05) is 17.6 Å². The van der Waals surface area contributed by atoms with E-state index >= 15 is 0 Å². The van der Waals surface area contributed by atoms with Gasteiger partial charge in [-0.15, -0.1) is 0 Å². The number of ether oxygens (including phenoxy) is 1. The summed E-state index contributed by atoms with van der Waals surface area (Å²) in [5, 5.41) is 1.61. The maximum atomic E-state index is 11.6. The average Bonchev–Trinajstić information content (AvgIpc) is 2.42. The summed E-state index contributed by atoms with van der Waals surface area (Å²) in [5.74, 6) is 0.832. The van der Waals surface area contributed by atoms with E-state index in [-0.39, 0.29) is 11.7 Å². The molecule has 4 heteroatoms. The second-order valence-electron chi connectivity index (χ2n) is 5.21. The van der Waals surface area contributed by atoms with Gasteiger partial charge in [-0.3, -0.25) is 4.79 Å². The van der Waals surface area contributed by atoms with E-state index in [2.05, 4.69) is 4.98 Å². The molecule has 1 heterocycles. The van der Waals surface area contributed by atoms with Crippen molar-refractivity contribution in [2.45, 2.75) is 37.8 Å². The smallest absolute Gasteiger partial charge is 0.255 e. The van der Waals surface area contributed by atoms with Crippen LogP contribution in [0.4, 0.5) is 0 Å². The average molecular weight is 258 g/mol. The lowest BCUT2D eigenvalue weighted by Crippen LogP contribution is -2.31. The third-order valence-electron chi connectivity index (χ3n) is 3.77. The molecule has 0 saturated heterocycles. The van der Waals surface area contributed by atoms with Gasteiger partial charge in [0.15, 0.2) is 0 Å². The molecule has 0 unspecified atom stereocenters. The minimum Gasteiger partial charge on any atom is -0.490 e. The lowest BCUT2D eigenvalue weighted by molar-refractivity contribution is 0.147. The van der Waals surface area contributed by atoms with Gasteiger partial charge in [0.05, 0.1) is 6.10 Å². The summed E-state index contributed by atoms with van der Waals surface area (Å²) < 4.78 is 5.98. The van der Waals surface area contributed by atoms with Gasteiger partial charge in [0.2, 0.25) is 0 Å². The van der Waals surface area contributed by atoms with Crippen LogP contribution in [-0.4, -0.2) is 17.1 Å². The molecule has 100 valence electrons. The Morgan fingerprint density at radius 2 is 1.95 bits per heavy atom. The fourth-order valence-electron chi connectivity index (χ4n) is 2.64. The van der Waals surface area contributed by atoms with Crippen LogP contribution in [0.2, 0.25) is 0 Å². The van der Waals surface area contributed by atoms with Gasteiger partial charge in [-0.05, 0) is 55.3 Å². The topological polar surface area (TPSA) is 68.1 Å². The van der Waals surface area contributed by atoms with Crippen LogP contribution < -0.4 is 16.0 Å². The zero-order valence-electron chi connectivity index (χ0n) is 10.8. The Kier molecular flexibility index (Phi) is 3.25. The van der Waals surface area contributed by atoms with Crippen molar-refractivity contribution in [1.29, 1.82) is 0 Å². The highest BCUT2D eigenvalue weighted by atomic mass is 16.5. The van der Waals surface area contributed by atoms with Crippen LogP contribution in [0.25, 0.3) is 10.8 Å². The minimum atomic E-state index is -0.0623. The van der Waals surface area contributed by atoms with Gasteiger partial charge in [0.1, 0.15) is 5.75 Å². The monoisotopic (exact) mass is 258 g/mol. The predicted octanol–water partition coefficient (Wildman–Crippen LogP) is 2.18. The number of nitrogens with two attached hydrogens (primary N) is 1. The van der Waals surface area contributed by atoms with E-state index in [4.69, 9.17) is 10.5 Å². The van der Waals surface area contributed by atoms with Gasteiger partial charge in [0.25, 0.3) is 5.56 Å². The lowest BCUT2D eigenvalue weighted by atomic mass is 9.94. The standard InChI is InChI=1S/C15H18N2O2/c16-11-1-3-12(4-2-11)19-13-5-6-14-10(9-13)7-8-17-15(14)18/h5-9,11-12H,1-4,16H2,(H,17,18)/t11-,12+. The van der Waals surface area contributed by atoms with Crippen molar-refractivity contribution < 1.29 is 4.74 Å². The zero-order chi connectivity index (χ0) is 13.2. The Labute approximate surface area is 111 Å². The summed E-state index contributed by atoms with van der Waals surface area (Å²) in [4.78, 5) is 14.3. The van der Waals surface area contributed by atoms with E-state index in [1.807, 2.05) is 24.3 Å². The molecule has 1 aromatic heterocycles. The van der Waals surface area contributed by atoms with Gasteiger partial charge >= 0.3 is 0 Å². The van der Waals surface area contributed by atoms with E-state index in [1.165, 1.54) is 0 Å². The van der Waals surface area contributed by atoms with Crippen LogP contribution in [0.3, 0.4) is 0 Å². The van der Waals surface area contributed by atoms with E-state index in [0.29, 0.717) is 11.4 Å². The van der Waals surface area contributed by atoms with Gasteiger partial charge < -0.3 is 15.5 Å². The number of nitrogens with one attached hydrogen (secondary N) is 1. The number of aromatic nitrogens is 1. The third-order valence-corrected chi connectivity index (χ3v) is 3.77. The Hall–Kier alpha value is -1.81. The number of hydrogen-bond acceptors (Lipinski definition) is 3. The van der Waals surface area contributed by atoms with Crippen molar-refractivity contribution in [1.82, 2.24) is 4.98 Å². The van der Waals surface area contributed by atoms with Gasteiger partial charge in [-0.2, -0.15) is 0 Å². The summed E-state index contributed by atoms with van der Waals surface area (Å²) in [6.07, 6.45) is 5.98. The van der Waals surface area contributed by atoms with Crippen molar-refractivity contribution in [2.24, 2.45) is 5.73 Å². The number of H-pyrrole nitrogens is 1. The molecule has 1 fully saturated rings. The summed E-state index contributed by atoms with van der Waals surface area (Å²) >= 11 is 0. The Balaban J connectivity index is 1.80. The van der Waals surface area contributed by atoms with Crippen molar-refractivity contribution in [3.8, 4) is 5.75 Å². The molecule has 4 nitrogen and oxygen atoms in total. The quantitative estimate of drug-likeness (QED) is 0.867. The van der Waals surface area contributed by atoms with Crippen LogP contribution in [0, 0.1) is 0 Å². The molecule has 19 heavy (non-hydrogen) atoms. The summed E-state index contributed by atoms with van der Waals surface area (Å²) in [7, 11) is 0. The van der Waals surface area contributed by atoms with E-state index < -0.39 is 0 Å². The molecule has 1 aromatic carbocycles. The normalized spacial score (nSPS) is 23.4. The number of pyridine rings is 1. The highest BCUT2D eigenvalue weighted by molar-refractivity contribution is 5.82. The molecule has 0 spiro atoms. The molecular weight excluding hydrogens is 240 g/mol. The number of benzene rings is 1. The number of hydrogen-bond donors (Lipinski definition) is 2. The van der Waals surface area contributed by atoms with Crippen LogP contribution >= 0.6 is 0 Å². The van der Waals surface area contributed by atoms with E-state index in [0.717, 1.165) is 36.8 Å². The highest BCUT2D eigenvalue weighted by Gasteiger charge is 2.19. The zero-order valence-corrected chi connectivity index (χ0v) is 10.8. The van der Waals surface area contributed by atoms with Crippen LogP contribution in [-0.2, 0) is 0 Å². The summed E-state index contributed by atoms with van der Waals surface area (Å²) in [6.45, 7) is 0. The fraction of sp³-hybridized carbons (Fsp3) is 0.400. The Morgan fingerprint density at radius 1 is 1.16 bits per heavy atom. The first kappa shape index (κ1) is 12.2. The number of aromatic amines is 1. The molecule has 1 saturated carbocycles.